The molecule has 7 heteroatoms. The van der Waals surface area contributed by atoms with Crippen LogP contribution in [0.3, 0.4) is 0 Å². The van der Waals surface area contributed by atoms with E-state index in [0.717, 1.165) is 65.7 Å². The van der Waals surface area contributed by atoms with E-state index in [0.29, 0.717) is 6.04 Å². The Morgan fingerprint density at radius 3 is 2.69 bits per heavy atom. The van der Waals surface area contributed by atoms with E-state index >= 15 is 0 Å². The number of fused-ring (bicyclic) bond motifs is 1. The molecule has 1 saturated carbocycles. The van der Waals surface area contributed by atoms with Crippen LogP contribution in [0.5, 0.6) is 0 Å². The third kappa shape index (κ3) is 4.21. The third-order valence-electron chi connectivity index (χ3n) is 5.29. The molecule has 0 bridgehead atoms. The summed E-state index contributed by atoms with van der Waals surface area (Å²) in [4.78, 5) is 19.9. The van der Waals surface area contributed by atoms with Gasteiger partial charge in [-0.1, -0.05) is 41.7 Å². The quantitative estimate of drug-likeness (QED) is 0.653. The number of hydrogen-bond donors (Lipinski definition) is 2. The zero-order valence-electron chi connectivity index (χ0n) is 16.1. The fourth-order valence-electron chi connectivity index (χ4n) is 3.52. The van der Waals surface area contributed by atoms with Gasteiger partial charge in [-0.25, -0.2) is 4.98 Å². The van der Waals surface area contributed by atoms with Crippen LogP contribution in [-0.2, 0) is 9.53 Å². The number of hydrogen-bond acceptors (Lipinski definition) is 6. The molecular formula is C22H24N4O2S. The van der Waals surface area contributed by atoms with Crippen LogP contribution in [0.4, 0.5) is 10.8 Å². The number of morpholine rings is 1. The van der Waals surface area contributed by atoms with Gasteiger partial charge in [0.1, 0.15) is 6.04 Å². The molecule has 0 radical (unpaired) electrons. The zero-order valence-corrected chi connectivity index (χ0v) is 17.0. The van der Waals surface area contributed by atoms with Crippen molar-refractivity contribution in [3.05, 3.63) is 54.1 Å². The molecule has 1 saturated heterocycles. The standard InChI is InChI=1S/C22H24N4O2S/c27-21(24-16-6-7-16)20(15-4-2-1-3-5-15)23-17-8-9-18-19(14-17)29-22(25-18)26-10-12-28-13-11-26/h1-5,8-9,14,16,20,23H,6-7,10-13H2,(H,24,27)/t20-/m0/s1. The average molecular weight is 409 g/mol. The molecule has 150 valence electrons. The maximum atomic E-state index is 12.9. The number of thiazole rings is 1. The Hall–Kier alpha value is -2.64. The first-order chi connectivity index (χ1) is 14.3. The van der Waals surface area contributed by atoms with Crippen LogP contribution < -0.4 is 15.5 Å². The van der Waals surface area contributed by atoms with Gasteiger partial charge < -0.3 is 20.3 Å². The maximum absolute atomic E-state index is 12.9. The summed E-state index contributed by atoms with van der Waals surface area (Å²) in [6.45, 7) is 3.25. The molecule has 6 nitrogen and oxygen atoms in total. The van der Waals surface area contributed by atoms with Gasteiger partial charge in [-0.3, -0.25) is 4.79 Å². The summed E-state index contributed by atoms with van der Waals surface area (Å²) in [7, 11) is 0. The monoisotopic (exact) mass is 408 g/mol. The van der Waals surface area contributed by atoms with Crippen LogP contribution >= 0.6 is 11.3 Å². The van der Waals surface area contributed by atoms with E-state index in [1.54, 1.807) is 11.3 Å². The second kappa shape index (κ2) is 8.00. The van der Waals surface area contributed by atoms with Crippen LogP contribution in [-0.4, -0.2) is 43.2 Å². The molecule has 2 fully saturated rings. The number of carbonyl (C=O) groups excluding carboxylic acids is 1. The second-order valence-corrected chi connectivity index (χ2v) is 8.56. The third-order valence-corrected chi connectivity index (χ3v) is 6.37. The topological polar surface area (TPSA) is 66.5 Å². The summed E-state index contributed by atoms with van der Waals surface area (Å²) in [6, 6.07) is 15.9. The second-order valence-electron chi connectivity index (χ2n) is 7.55. The smallest absolute Gasteiger partial charge is 0.247 e. The Morgan fingerprint density at radius 2 is 1.93 bits per heavy atom. The van der Waals surface area contributed by atoms with E-state index < -0.39 is 6.04 Å². The molecule has 0 unspecified atom stereocenters. The van der Waals surface area contributed by atoms with Gasteiger partial charge in [-0.15, -0.1) is 0 Å². The van der Waals surface area contributed by atoms with Gasteiger partial charge in [-0.2, -0.15) is 0 Å². The highest BCUT2D eigenvalue weighted by atomic mass is 32.1. The normalized spacial score (nSPS) is 17.9. The summed E-state index contributed by atoms with van der Waals surface area (Å²) in [6.07, 6.45) is 2.15. The lowest BCUT2D eigenvalue weighted by Crippen LogP contribution is -2.36. The number of nitrogens with zero attached hydrogens (tertiary/aromatic N) is 2. The lowest BCUT2D eigenvalue weighted by Gasteiger charge is -2.25. The van der Waals surface area contributed by atoms with Gasteiger partial charge in [0, 0.05) is 24.8 Å². The van der Waals surface area contributed by atoms with Gasteiger partial charge in [0.15, 0.2) is 5.13 Å². The summed E-state index contributed by atoms with van der Waals surface area (Å²) in [5.41, 5.74) is 2.87. The fraction of sp³-hybridized carbons (Fsp3) is 0.364. The highest BCUT2D eigenvalue weighted by Crippen LogP contribution is 2.32. The van der Waals surface area contributed by atoms with Crippen molar-refractivity contribution < 1.29 is 9.53 Å². The first-order valence-electron chi connectivity index (χ1n) is 10.1. The van der Waals surface area contributed by atoms with E-state index in [-0.39, 0.29) is 5.91 Å². The first kappa shape index (κ1) is 18.4. The fourth-order valence-corrected chi connectivity index (χ4v) is 4.57. The van der Waals surface area contributed by atoms with Crippen molar-refractivity contribution in [2.75, 3.05) is 36.5 Å². The lowest BCUT2D eigenvalue weighted by molar-refractivity contribution is -0.122. The molecule has 0 spiro atoms. The van der Waals surface area contributed by atoms with Crippen LogP contribution in [0.1, 0.15) is 24.4 Å². The van der Waals surface area contributed by atoms with Gasteiger partial charge in [0.2, 0.25) is 5.91 Å². The SMILES string of the molecule is O=C(NC1CC1)[C@@H](Nc1ccc2nc(N3CCOCC3)sc2c1)c1ccccc1. The van der Waals surface area contributed by atoms with Crippen LogP contribution in [0.25, 0.3) is 10.2 Å². The average Bonchev–Trinajstić information content (AvgIpc) is 3.48. The molecule has 1 aromatic heterocycles. The molecule has 1 amide bonds. The Morgan fingerprint density at radius 1 is 1.14 bits per heavy atom. The highest BCUT2D eigenvalue weighted by Gasteiger charge is 2.28. The molecule has 2 aromatic carbocycles. The molecule has 2 N–H and O–H groups in total. The van der Waals surface area contributed by atoms with E-state index in [1.165, 1.54) is 0 Å². The molecule has 2 aliphatic rings. The van der Waals surface area contributed by atoms with Crippen molar-refractivity contribution in [3.8, 4) is 0 Å². The van der Waals surface area contributed by atoms with Crippen molar-refractivity contribution in [1.29, 1.82) is 0 Å². The molecule has 1 aliphatic carbocycles. The van der Waals surface area contributed by atoms with E-state index in [1.807, 2.05) is 42.5 Å². The number of nitrogens with one attached hydrogen (secondary N) is 2. The Labute approximate surface area is 173 Å². The zero-order chi connectivity index (χ0) is 19.6. The molecule has 1 aliphatic heterocycles. The number of aromatic nitrogens is 1. The van der Waals surface area contributed by atoms with Gasteiger partial charge >= 0.3 is 0 Å². The minimum atomic E-state index is -0.416. The van der Waals surface area contributed by atoms with Crippen molar-refractivity contribution in [2.45, 2.75) is 24.9 Å². The van der Waals surface area contributed by atoms with Crippen molar-refractivity contribution in [1.82, 2.24) is 10.3 Å². The largest absolute Gasteiger partial charge is 0.378 e. The van der Waals surface area contributed by atoms with Crippen LogP contribution in [0.2, 0.25) is 0 Å². The number of rotatable bonds is 6. The minimum absolute atomic E-state index is 0.0251. The van der Waals surface area contributed by atoms with E-state index in [9.17, 15) is 4.79 Å². The maximum Gasteiger partial charge on any atom is 0.247 e. The Kier molecular flexibility index (Phi) is 5.08. The van der Waals surface area contributed by atoms with Gasteiger partial charge in [0.25, 0.3) is 0 Å². The number of benzene rings is 2. The Bertz CT molecular complexity index is 996. The summed E-state index contributed by atoms with van der Waals surface area (Å²) in [5, 5.41) is 7.60. The summed E-state index contributed by atoms with van der Waals surface area (Å²) < 4.78 is 6.56. The summed E-state index contributed by atoms with van der Waals surface area (Å²) >= 11 is 1.69. The Balaban J connectivity index is 1.39. The highest BCUT2D eigenvalue weighted by molar-refractivity contribution is 7.22. The molecule has 29 heavy (non-hydrogen) atoms. The first-order valence-corrected chi connectivity index (χ1v) is 10.9. The van der Waals surface area contributed by atoms with Crippen molar-refractivity contribution >= 4 is 38.3 Å². The van der Waals surface area contributed by atoms with Gasteiger partial charge in [-0.05, 0) is 36.6 Å². The molecule has 2 heterocycles. The molecular weight excluding hydrogens is 384 g/mol. The van der Waals surface area contributed by atoms with Crippen molar-refractivity contribution in [3.63, 3.8) is 0 Å². The van der Waals surface area contributed by atoms with E-state index in [4.69, 9.17) is 9.72 Å². The van der Waals surface area contributed by atoms with E-state index in [2.05, 4.69) is 21.6 Å². The molecule has 1 atom stereocenters. The van der Waals surface area contributed by atoms with Gasteiger partial charge in [0.05, 0.1) is 23.4 Å². The van der Waals surface area contributed by atoms with Crippen LogP contribution in [0, 0.1) is 0 Å². The number of ether oxygens (including phenoxy) is 1. The number of amides is 1. The summed E-state index contributed by atoms with van der Waals surface area (Å²) in [5.74, 6) is 0.0251. The van der Waals surface area contributed by atoms with Crippen molar-refractivity contribution in [2.24, 2.45) is 0 Å². The minimum Gasteiger partial charge on any atom is -0.378 e. The number of carbonyl (C=O) groups is 1. The number of anilines is 2. The van der Waals surface area contributed by atoms with Crippen LogP contribution in [0.15, 0.2) is 48.5 Å². The predicted molar refractivity (Wildman–Crippen MR) is 117 cm³/mol. The molecule has 3 aromatic rings. The molecule has 5 rings (SSSR count). The lowest BCUT2D eigenvalue weighted by atomic mass is 10.1. The predicted octanol–water partition coefficient (Wildman–Crippen LogP) is 3.56.